The zero-order valence-electron chi connectivity index (χ0n) is 11.7. The number of H-pyrrole nitrogens is 1. The molecule has 0 saturated carbocycles. The summed E-state index contributed by atoms with van der Waals surface area (Å²) in [6.07, 6.45) is 1.74. The lowest BCUT2D eigenvalue weighted by Crippen LogP contribution is -2.23. The first-order valence-electron chi connectivity index (χ1n) is 6.48. The summed E-state index contributed by atoms with van der Waals surface area (Å²) < 4.78 is 0. The van der Waals surface area contributed by atoms with Crippen molar-refractivity contribution in [2.24, 2.45) is 0 Å². The maximum atomic E-state index is 11.8. The predicted molar refractivity (Wildman–Crippen MR) is 77.1 cm³/mol. The first kappa shape index (κ1) is 13.4. The molecule has 2 rings (SSSR count). The second-order valence-electron chi connectivity index (χ2n) is 5.71. The Labute approximate surface area is 114 Å². The van der Waals surface area contributed by atoms with Crippen LogP contribution in [0.2, 0.25) is 0 Å². The van der Waals surface area contributed by atoms with Gasteiger partial charge in [-0.2, -0.15) is 0 Å². The third-order valence-electron chi connectivity index (χ3n) is 3.12. The van der Waals surface area contributed by atoms with E-state index in [0.29, 0.717) is 12.2 Å². The van der Waals surface area contributed by atoms with E-state index in [1.54, 1.807) is 12.3 Å². The van der Waals surface area contributed by atoms with E-state index < -0.39 is 0 Å². The highest BCUT2D eigenvalue weighted by atomic mass is 16.1. The molecule has 0 atom stereocenters. The third kappa shape index (κ3) is 3.47. The van der Waals surface area contributed by atoms with Gasteiger partial charge in [-0.1, -0.05) is 45.0 Å². The summed E-state index contributed by atoms with van der Waals surface area (Å²) in [6, 6.07) is 11.9. The molecule has 2 aromatic rings. The van der Waals surface area contributed by atoms with Gasteiger partial charge in [-0.15, -0.1) is 0 Å². The van der Waals surface area contributed by atoms with Crippen LogP contribution in [0.15, 0.2) is 42.6 Å². The van der Waals surface area contributed by atoms with Crippen molar-refractivity contribution in [2.75, 3.05) is 0 Å². The maximum Gasteiger partial charge on any atom is 0.267 e. The van der Waals surface area contributed by atoms with Gasteiger partial charge in [0, 0.05) is 12.7 Å². The standard InChI is InChI=1S/C16H20N2O/c1-16(2,3)13-8-6-12(7-9-13)11-18-15(19)14-5-4-10-17-14/h4-10,17H,11H2,1-3H3,(H,18,19). The second kappa shape index (κ2) is 5.31. The quantitative estimate of drug-likeness (QED) is 0.870. The number of benzene rings is 1. The number of aromatic nitrogens is 1. The second-order valence-corrected chi connectivity index (χ2v) is 5.71. The zero-order valence-corrected chi connectivity index (χ0v) is 11.7. The van der Waals surface area contributed by atoms with E-state index in [4.69, 9.17) is 0 Å². The minimum Gasteiger partial charge on any atom is -0.357 e. The normalized spacial score (nSPS) is 11.3. The molecule has 0 fully saturated rings. The largest absolute Gasteiger partial charge is 0.357 e. The first-order chi connectivity index (χ1) is 8.97. The molecule has 0 bridgehead atoms. The van der Waals surface area contributed by atoms with Crippen molar-refractivity contribution in [1.82, 2.24) is 10.3 Å². The number of hydrogen-bond donors (Lipinski definition) is 2. The fourth-order valence-electron chi connectivity index (χ4n) is 1.87. The lowest BCUT2D eigenvalue weighted by Gasteiger charge is -2.19. The van der Waals surface area contributed by atoms with Gasteiger partial charge in [0.1, 0.15) is 5.69 Å². The molecule has 3 nitrogen and oxygen atoms in total. The molecule has 1 amide bonds. The van der Waals surface area contributed by atoms with Gasteiger partial charge in [0.2, 0.25) is 0 Å². The van der Waals surface area contributed by atoms with E-state index in [9.17, 15) is 4.79 Å². The molecule has 1 heterocycles. The van der Waals surface area contributed by atoms with Gasteiger partial charge in [0.25, 0.3) is 5.91 Å². The summed E-state index contributed by atoms with van der Waals surface area (Å²) >= 11 is 0. The molecule has 0 aliphatic rings. The molecule has 0 spiro atoms. The average molecular weight is 256 g/mol. The Morgan fingerprint density at radius 1 is 1.16 bits per heavy atom. The van der Waals surface area contributed by atoms with Gasteiger partial charge in [-0.25, -0.2) is 0 Å². The summed E-state index contributed by atoms with van der Waals surface area (Å²) in [5.41, 5.74) is 3.15. The summed E-state index contributed by atoms with van der Waals surface area (Å²) in [6.45, 7) is 7.11. The van der Waals surface area contributed by atoms with Crippen LogP contribution in [0.1, 0.15) is 42.4 Å². The number of hydrogen-bond acceptors (Lipinski definition) is 1. The zero-order chi connectivity index (χ0) is 13.9. The van der Waals surface area contributed by atoms with Crippen molar-refractivity contribution >= 4 is 5.91 Å². The highest BCUT2D eigenvalue weighted by molar-refractivity contribution is 5.92. The molecule has 1 aromatic heterocycles. The first-order valence-corrected chi connectivity index (χ1v) is 6.48. The van der Waals surface area contributed by atoms with Crippen molar-refractivity contribution in [3.63, 3.8) is 0 Å². The Bertz CT molecular complexity index is 533. The highest BCUT2D eigenvalue weighted by Crippen LogP contribution is 2.22. The van der Waals surface area contributed by atoms with E-state index in [1.807, 2.05) is 6.07 Å². The lowest BCUT2D eigenvalue weighted by atomic mass is 9.87. The van der Waals surface area contributed by atoms with Crippen LogP contribution in [0.4, 0.5) is 0 Å². The van der Waals surface area contributed by atoms with Crippen molar-refractivity contribution in [3.8, 4) is 0 Å². The van der Waals surface area contributed by atoms with Gasteiger partial charge < -0.3 is 10.3 Å². The van der Waals surface area contributed by atoms with E-state index in [0.717, 1.165) is 5.56 Å². The van der Waals surface area contributed by atoms with Crippen molar-refractivity contribution < 1.29 is 4.79 Å². The van der Waals surface area contributed by atoms with Crippen LogP contribution in [0, 0.1) is 0 Å². The molecule has 3 heteroatoms. The monoisotopic (exact) mass is 256 g/mol. The summed E-state index contributed by atoms with van der Waals surface area (Å²) in [5.74, 6) is -0.0788. The van der Waals surface area contributed by atoms with Gasteiger partial charge >= 0.3 is 0 Å². The maximum absolute atomic E-state index is 11.8. The Kier molecular flexibility index (Phi) is 3.74. The molecule has 2 N–H and O–H groups in total. The Hall–Kier alpha value is -2.03. The van der Waals surface area contributed by atoms with Crippen LogP contribution in [-0.4, -0.2) is 10.9 Å². The molecule has 19 heavy (non-hydrogen) atoms. The SMILES string of the molecule is CC(C)(C)c1ccc(CNC(=O)c2ccc[nH]2)cc1. The van der Waals surface area contributed by atoms with E-state index >= 15 is 0 Å². The van der Waals surface area contributed by atoms with Gasteiger partial charge in [0.15, 0.2) is 0 Å². The molecule has 0 aliphatic heterocycles. The van der Waals surface area contributed by atoms with E-state index in [1.165, 1.54) is 5.56 Å². The van der Waals surface area contributed by atoms with Crippen LogP contribution < -0.4 is 5.32 Å². The fourth-order valence-corrected chi connectivity index (χ4v) is 1.87. The number of amides is 1. The molecular weight excluding hydrogens is 236 g/mol. The van der Waals surface area contributed by atoms with E-state index in [2.05, 4.69) is 55.3 Å². The minimum atomic E-state index is -0.0788. The number of rotatable bonds is 3. The Morgan fingerprint density at radius 3 is 2.37 bits per heavy atom. The molecule has 0 radical (unpaired) electrons. The average Bonchev–Trinajstić information content (AvgIpc) is 2.89. The Morgan fingerprint density at radius 2 is 1.84 bits per heavy atom. The van der Waals surface area contributed by atoms with Crippen molar-refractivity contribution in [1.29, 1.82) is 0 Å². The summed E-state index contributed by atoms with van der Waals surface area (Å²) in [4.78, 5) is 14.7. The van der Waals surface area contributed by atoms with Gasteiger partial charge in [-0.3, -0.25) is 4.79 Å². The topological polar surface area (TPSA) is 44.9 Å². The van der Waals surface area contributed by atoms with Crippen LogP contribution in [0.5, 0.6) is 0 Å². The number of aromatic amines is 1. The molecular formula is C16H20N2O. The fraction of sp³-hybridized carbons (Fsp3) is 0.312. The lowest BCUT2D eigenvalue weighted by molar-refractivity contribution is 0.0946. The Balaban J connectivity index is 1.95. The molecule has 0 saturated heterocycles. The van der Waals surface area contributed by atoms with Crippen molar-refractivity contribution in [3.05, 3.63) is 59.4 Å². The smallest absolute Gasteiger partial charge is 0.267 e. The molecule has 1 aromatic carbocycles. The van der Waals surface area contributed by atoms with Gasteiger partial charge in [0.05, 0.1) is 0 Å². The van der Waals surface area contributed by atoms with Crippen LogP contribution in [0.3, 0.4) is 0 Å². The molecule has 0 unspecified atom stereocenters. The van der Waals surface area contributed by atoms with Crippen LogP contribution in [-0.2, 0) is 12.0 Å². The van der Waals surface area contributed by atoms with Crippen LogP contribution >= 0.6 is 0 Å². The van der Waals surface area contributed by atoms with Crippen LogP contribution in [0.25, 0.3) is 0 Å². The highest BCUT2D eigenvalue weighted by Gasteiger charge is 2.13. The molecule has 0 aliphatic carbocycles. The molecule has 100 valence electrons. The number of carbonyl (C=O) groups is 1. The van der Waals surface area contributed by atoms with Crippen molar-refractivity contribution in [2.45, 2.75) is 32.7 Å². The third-order valence-corrected chi connectivity index (χ3v) is 3.12. The summed E-state index contributed by atoms with van der Waals surface area (Å²) in [7, 11) is 0. The number of carbonyl (C=O) groups excluding carboxylic acids is 1. The predicted octanol–water partition coefficient (Wildman–Crippen LogP) is 3.24. The van der Waals surface area contributed by atoms with Gasteiger partial charge in [-0.05, 0) is 28.7 Å². The van der Waals surface area contributed by atoms with E-state index in [-0.39, 0.29) is 11.3 Å². The minimum absolute atomic E-state index is 0.0788. The number of nitrogens with one attached hydrogen (secondary N) is 2. The summed E-state index contributed by atoms with van der Waals surface area (Å²) in [5, 5.41) is 2.89.